The van der Waals surface area contributed by atoms with Gasteiger partial charge in [0.15, 0.2) is 0 Å². The smallest absolute Gasteiger partial charge is 0.232 e. The first-order valence-electron chi connectivity index (χ1n) is 8.03. The minimum absolute atomic E-state index is 0.0304. The van der Waals surface area contributed by atoms with Gasteiger partial charge in [-0.15, -0.1) is 0 Å². The van der Waals surface area contributed by atoms with Gasteiger partial charge < -0.3 is 14.8 Å². The highest BCUT2D eigenvalue weighted by Gasteiger charge is 2.35. The Hall–Kier alpha value is -1.76. The summed E-state index contributed by atoms with van der Waals surface area (Å²) in [5, 5.41) is 2.69. The van der Waals surface area contributed by atoms with Crippen molar-refractivity contribution in [3.05, 3.63) is 0 Å². The van der Waals surface area contributed by atoms with Gasteiger partial charge in [-0.3, -0.25) is 19.3 Å². The molecule has 0 radical (unpaired) electrons. The van der Waals surface area contributed by atoms with Gasteiger partial charge in [0, 0.05) is 38.3 Å². The molecule has 7 heteroatoms. The molecule has 3 amide bonds. The van der Waals surface area contributed by atoms with Crippen LogP contribution in [0.2, 0.25) is 0 Å². The van der Waals surface area contributed by atoms with Crippen LogP contribution in [0, 0.1) is 5.92 Å². The van der Waals surface area contributed by atoms with Crippen molar-refractivity contribution in [3.63, 3.8) is 0 Å². The zero-order chi connectivity index (χ0) is 17.4. The minimum Gasteiger partial charge on any atom is -0.377 e. The Kier molecular flexibility index (Phi) is 7.88. The van der Waals surface area contributed by atoms with Crippen molar-refractivity contribution >= 4 is 23.5 Å². The van der Waals surface area contributed by atoms with Crippen LogP contribution in [0.5, 0.6) is 0 Å². The fourth-order valence-electron chi connectivity index (χ4n) is 2.33. The highest BCUT2D eigenvalue weighted by Crippen LogP contribution is 2.18. The van der Waals surface area contributed by atoms with Crippen LogP contribution in [-0.4, -0.2) is 54.2 Å². The fraction of sp³-hybridized carbons (Fsp3) is 0.750. The predicted molar refractivity (Wildman–Crippen MR) is 83.5 cm³/mol. The number of nitrogens with zero attached hydrogens (tertiary/aromatic N) is 1. The summed E-state index contributed by atoms with van der Waals surface area (Å²) in [6.45, 7) is 6.00. The molecule has 1 heterocycles. The molecule has 2 atom stereocenters. The van der Waals surface area contributed by atoms with Crippen LogP contribution in [-0.2, 0) is 23.9 Å². The van der Waals surface area contributed by atoms with E-state index in [9.17, 15) is 19.2 Å². The molecule has 1 aliphatic rings. The number of ether oxygens (including phenoxy) is 1. The van der Waals surface area contributed by atoms with Crippen molar-refractivity contribution in [1.29, 1.82) is 0 Å². The Morgan fingerprint density at radius 1 is 1.35 bits per heavy atom. The van der Waals surface area contributed by atoms with E-state index in [1.165, 1.54) is 0 Å². The van der Waals surface area contributed by atoms with Crippen molar-refractivity contribution in [1.82, 2.24) is 10.2 Å². The summed E-state index contributed by atoms with van der Waals surface area (Å²) in [6, 6.07) is 0. The van der Waals surface area contributed by atoms with E-state index in [1.54, 1.807) is 13.8 Å². The summed E-state index contributed by atoms with van der Waals surface area (Å²) in [6.07, 6.45) is 1.46. The number of hydrogen-bond donors (Lipinski definition) is 1. The SMILES string of the molecule is CC(=O)CCC(C)OCCNC(=O)CCN1C(=O)CC(C)C1=O. The van der Waals surface area contributed by atoms with Crippen molar-refractivity contribution in [2.45, 2.75) is 52.6 Å². The van der Waals surface area contributed by atoms with Gasteiger partial charge in [0.2, 0.25) is 17.7 Å². The summed E-state index contributed by atoms with van der Waals surface area (Å²) in [5.74, 6) is -0.780. The Morgan fingerprint density at radius 3 is 2.61 bits per heavy atom. The van der Waals surface area contributed by atoms with Crippen LogP contribution < -0.4 is 5.32 Å². The van der Waals surface area contributed by atoms with Crippen LogP contribution in [0.4, 0.5) is 0 Å². The minimum atomic E-state index is -0.282. The molecule has 0 aromatic heterocycles. The molecule has 1 saturated heterocycles. The maximum absolute atomic E-state index is 11.7. The van der Waals surface area contributed by atoms with Crippen LogP contribution in [0.25, 0.3) is 0 Å². The van der Waals surface area contributed by atoms with E-state index >= 15 is 0 Å². The first-order chi connectivity index (χ1) is 10.8. The Morgan fingerprint density at radius 2 is 2.04 bits per heavy atom. The lowest BCUT2D eigenvalue weighted by Gasteiger charge is -2.15. The summed E-state index contributed by atoms with van der Waals surface area (Å²) >= 11 is 0. The number of ketones is 1. The van der Waals surface area contributed by atoms with E-state index in [1.807, 2.05) is 6.92 Å². The molecule has 1 fully saturated rings. The topological polar surface area (TPSA) is 92.8 Å². The first-order valence-corrected chi connectivity index (χ1v) is 8.03. The van der Waals surface area contributed by atoms with Gasteiger partial charge in [-0.1, -0.05) is 6.92 Å². The number of likely N-dealkylation sites (tertiary alicyclic amines) is 1. The molecular formula is C16H26N2O5. The highest BCUT2D eigenvalue weighted by molar-refractivity contribution is 6.03. The third-order valence-corrected chi connectivity index (χ3v) is 3.76. The van der Waals surface area contributed by atoms with E-state index in [2.05, 4.69) is 5.32 Å². The molecule has 0 aromatic rings. The zero-order valence-electron chi connectivity index (χ0n) is 14.1. The standard InChI is InChI=1S/C16H26N2O5/c1-11-10-15(21)18(16(11)22)8-6-14(20)17-7-9-23-13(3)5-4-12(2)19/h11,13H,4-10H2,1-3H3,(H,17,20). The second-order valence-electron chi connectivity index (χ2n) is 6.01. The number of carbonyl (C=O) groups is 4. The second kappa shape index (κ2) is 9.39. The maximum atomic E-state index is 11.7. The highest BCUT2D eigenvalue weighted by atomic mass is 16.5. The van der Waals surface area contributed by atoms with E-state index in [-0.39, 0.29) is 54.9 Å². The normalized spacial score (nSPS) is 19.1. The van der Waals surface area contributed by atoms with E-state index in [0.29, 0.717) is 26.0 Å². The van der Waals surface area contributed by atoms with Gasteiger partial charge in [-0.05, 0) is 20.3 Å². The van der Waals surface area contributed by atoms with Crippen molar-refractivity contribution in [2.75, 3.05) is 19.7 Å². The Labute approximate surface area is 136 Å². The average molecular weight is 326 g/mol. The monoisotopic (exact) mass is 326 g/mol. The van der Waals surface area contributed by atoms with Gasteiger partial charge in [0.05, 0.1) is 12.7 Å². The summed E-state index contributed by atoms with van der Waals surface area (Å²) < 4.78 is 5.48. The number of carbonyl (C=O) groups excluding carboxylic acids is 4. The van der Waals surface area contributed by atoms with Gasteiger partial charge in [-0.25, -0.2) is 0 Å². The number of nitrogens with one attached hydrogen (secondary N) is 1. The number of imide groups is 1. The third kappa shape index (κ3) is 6.90. The number of amides is 3. The summed E-state index contributed by atoms with van der Waals surface area (Å²) in [7, 11) is 0. The number of Topliss-reactive ketones (excluding diaryl/α,β-unsaturated/α-hetero) is 1. The van der Waals surface area contributed by atoms with Gasteiger partial charge in [0.25, 0.3) is 0 Å². The predicted octanol–water partition coefficient (Wildman–Crippen LogP) is 0.662. The molecule has 0 bridgehead atoms. The molecule has 0 aromatic carbocycles. The van der Waals surface area contributed by atoms with E-state index in [0.717, 1.165) is 4.90 Å². The maximum Gasteiger partial charge on any atom is 0.232 e. The summed E-state index contributed by atoms with van der Waals surface area (Å²) in [4.78, 5) is 47.0. The number of hydrogen-bond acceptors (Lipinski definition) is 5. The molecule has 1 rings (SSSR count). The van der Waals surface area contributed by atoms with Gasteiger partial charge in [0.1, 0.15) is 5.78 Å². The molecule has 1 N–H and O–H groups in total. The molecule has 1 aliphatic heterocycles. The van der Waals surface area contributed by atoms with E-state index < -0.39 is 0 Å². The first kappa shape index (κ1) is 19.3. The lowest BCUT2D eigenvalue weighted by atomic mass is 10.1. The van der Waals surface area contributed by atoms with E-state index in [4.69, 9.17) is 4.74 Å². The van der Waals surface area contributed by atoms with Crippen LogP contribution in [0.15, 0.2) is 0 Å². The largest absolute Gasteiger partial charge is 0.377 e. The van der Waals surface area contributed by atoms with Crippen LogP contribution in [0.3, 0.4) is 0 Å². The molecule has 0 spiro atoms. The number of rotatable bonds is 10. The van der Waals surface area contributed by atoms with Crippen molar-refractivity contribution in [3.8, 4) is 0 Å². The molecule has 23 heavy (non-hydrogen) atoms. The van der Waals surface area contributed by atoms with Crippen LogP contribution >= 0.6 is 0 Å². The van der Waals surface area contributed by atoms with Gasteiger partial charge >= 0.3 is 0 Å². The van der Waals surface area contributed by atoms with Crippen molar-refractivity contribution in [2.24, 2.45) is 5.92 Å². The van der Waals surface area contributed by atoms with Gasteiger partial charge in [-0.2, -0.15) is 0 Å². The lowest BCUT2D eigenvalue weighted by Crippen LogP contribution is -2.35. The molecule has 0 aliphatic carbocycles. The average Bonchev–Trinajstić information content (AvgIpc) is 2.72. The third-order valence-electron chi connectivity index (χ3n) is 3.76. The molecule has 7 nitrogen and oxygen atoms in total. The molecule has 130 valence electrons. The zero-order valence-corrected chi connectivity index (χ0v) is 14.1. The fourth-order valence-corrected chi connectivity index (χ4v) is 2.33. The molecule has 0 saturated carbocycles. The lowest BCUT2D eigenvalue weighted by molar-refractivity contribution is -0.139. The summed E-state index contributed by atoms with van der Waals surface area (Å²) in [5.41, 5.74) is 0. The quantitative estimate of drug-likeness (QED) is 0.470. The molecule has 2 unspecified atom stereocenters. The van der Waals surface area contributed by atoms with Crippen LogP contribution in [0.1, 0.15) is 46.5 Å². The Balaban J connectivity index is 2.12. The van der Waals surface area contributed by atoms with Crippen molar-refractivity contribution < 1.29 is 23.9 Å². The Bertz CT molecular complexity index is 463. The second-order valence-corrected chi connectivity index (χ2v) is 6.01. The molecular weight excluding hydrogens is 300 g/mol.